The molecule has 0 saturated carbocycles. The second kappa shape index (κ2) is 5.05. The van der Waals surface area contributed by atoms with E-state index in [2.05, 4.69) is 15.9 Å². The molecule has 14 heavy (non-hydrogen) atoms. The topological polar surface area (TPSA) is 46.2 Å². The standard InChI is InChI=1S/C10H14BrNOS/c1-6-3-10(14-7(2)5-13)8(11)4-9(6)12/h3-4,7,13H,5,12H2,1-2H3. The van der Waals surface area contributed by atoms with Gasteiger partial charge in [0.05, 0.1) is 6.61 Å². The van der Waals surface area contributed by atoms with Crippen LogP contribution in [0, 0.1) is 6.92 Å². The van der Waals surface area contributed by atoms with Gasteiger partial charge >= 0.3 is 0 Å². The lowest BCUT2D eigenvalue weighted by molar-refractivity contribution is 0.300. The highest BCUT2D eigenvalue weighted by Crippen LogP contribution is 2.33. The SMILES string of the molecule is Cc1cc(SC(C)CO)c(Br)cc1N. The molecule has 0 aliphatic carbocycles. The van der Waals surface area contributed by atoms with Crippen molar-refractivity contribution in [1.82, 2.24) is 0 Å². The Kier molecular flexibility index (Phi) is 4.29. The van der Waals surface area contributed by atoms with E-state index < -0.39 is 0 Å². The van der Waals surface area contributed by atoms with Crippen molar-refractivity contribution in [1.29, 1.82) is 0 Å². The van der Waals surface area contributed by atoms with Gasteiger partial charge in [0.2, 0.25) is 0 Å². The van der Waals surface area contributed by atoms with Crippen LogP contribution in [0.5, 0.6) is 0 Å². The number of nitrogen functional groups attached to an aromatic ring is 1. The first-order valence-electron chi connectivity index (χ1n) is 4.37. The molecule has 0 aliphatic heterocycles. The van der Waals surface area contributed by atoms with Crippen molar-refractivity contribution in [3.05, 3.63) is 22.2 Å². The normalized spacial score (nSPS) is 12.9. The van der Waals surface area contributed by atoms with Crippen molar-refractivity contribution in [3.63, 3.8) is 0 Å². The van der Waals surface area contributed by atoms with Crippen LogP contribution in [0.15, 0.2) is 21.5 Å². The summed E-state index contributed by atoms with van der Waals surface area (Å²) < 4.78 is 0.992. The number of halogens is 1. The minimum atomic E-state index is 0.181. The third kappa shape index (κ3) is 2.90. The van der Waals surface area contributed by atoms with Gasteiger partial charge in [0.15, 0.2) is 0 Å². The summed E-state index contributed by atoms with van der Waals surface area (Å²) in [7, 11) is 0. The molecule has 0 saturated heterocycles. The van der Waals surface area contributed by atoms with Crippen LogP contribution in [0.4, 0.5) is 5.69 Å². The third-order valence-corrected chi connectivity index (χ3v) is 3.97. The Labute approximate surface area is 97.0 Å². The Bertz CT molecular complexity index is 330. The molecular weight excluding hydrogens is 262 g/mol. The van der Waals surface area contributed by atoms with Gasteiger partial charge in [-0.1, -0.05) is 6.92 Å². The number of aliphatic hydroxyl groups is 1. The van der Waals surface area contributed by atoms with Gasteiger partial charge in [0.25, 0.3) is 0 Å². The molecule has 1 unspecified atom stereocenters. The molecule has 3 N–H and O–H groups in total. The predicted molar refractivity (Wildman–Crippen MR) is 65.7 cm³/mol. The van der Waals surface area contributed by atoms with Gasteiger partial charge in [-0.15, -0.1) is 11.8 Å². The van der Waals surface area contributed by atoms with E-state index in [0.29, 0.717) is 0 Å². The zero-order valence-corrected chi connectivity index (χ0v) is 10.7. The molecule has 0 amide bonds. The van der Waals surface area contributed by atoms with Gasteiger partial charge < -0.3 is 10.8 Å². The third-order valence-electron chi connectivity index (χ3n) is 1.91. The molecule has 0 heterocycles. The van der Waals surface area contributed by atoms with Gasteiger partial charge in [-0.25, -0.2) is 0 Å². The summed E-state index contributed by atoms with van der Waals surface area (Å²) in [6.45, 7) is 4.15. The van der Waals surface area contributed by atoms with E-state index in [9.17, 15) is 0 Å². The number of aryl methyl sites for hydroxylation is 1. The Hall–Kier alpha value is -0.190. The maximum atomic E-state index is 8.95. The lowest BCUT2D eigenvalue weighted by Crippen LogP contribution is -2.02. The number of thioether (sulfide) groups is 1. The van der Waals surface area contributed by atoms with Crippen LogP contribution in [-0.2, 0) is 0 Å². The molecule has 0 radical (unpaired) electrons. The summed E-state index contributed by atoms with van der Waals surface area (Å²) in [6, 6.07) is 3.94. The highest BCUT2D eigenvalue weighted by molar-refractivity contribution is 9.10. The molecule has 78 valence electrons. The number of benzene rings is 1. The van der Waals surface area contributed by atoms with Crippen molar-refractivity contribution in [2.75, 3.05) is 12.3 Å². The van der Waals surface area contributed by atoms with E-state index in [1.54, 1.807) is 11.8 Å². The van der Waals surface area contributed by atoms with Crippen molar-refractivity contribution in [2.24, 2.45) is 0 Å². The average Bonchev–Trinajstić information content (AvgIpc) is 2.14. The molecule has 1 atom stereocenters. The van der Waals surface area contributed by atoms with Gasteiger partial charge in [-0.05, 0) is 40.5 Å². The Balaban J connectivity index is 2.92. The van der Waals surface area contributed by atoms with E-state index in [-0.39, 0.29) is 11.9 Å². The minimum Gasteiger partial charge on any atom is -0.398 e. The van der Waals surface area contributed by atoms with Gasteiger partial charge in [-0.3, -0.25) is 0 Å². The maximum absolute atomic E-state index is 8.95. The molecule has 2 nitrogen and oxygen atoms in total. The summed E-state index contributed by atoms with van der Waals surface area (Å²) >= 11 is 5.10. The summed E-state index contributed by atoms with van der Waals surface area (Å²) in [5.74, 6) is 0. The zero-order valence-electron chi connectivity index (χ0n) is 8.25. The lowest BCUT2D eigenvalue weighted by atomic mass is 10.2. The van der Waals surface area contributed by atoms with Crippen LogP contribution < -0.4 is 5.73 Å². The number of hydrogen-bond acceptors (Lipinski definition) is 3. The minimum absolute atomic E-state index is 0.181. The molecule has 1 aromatic carbocycles. The van der Waals surface area contributed by atoms with Crippen LogP contribution in [0.1, 0.15) is 12.5 Å². The van der Waals surface area contributed by atoms with Crippen LogP contribution in [0.3, 0.4) is 0 Å². The fourth-order valence-electron chi connectivity index (χ4n) is 1.01. The number of hydrogen-bond donors (Lipinski definition) is 2. The largest absolute Gasteiger partial charge is 0.398 e. The molecule has 0 aliphatic rings. The predicted octanol–water partition coefficient (Wildman–Crippen LogP) is 2.81. The first-order chi connectivity index (χ1) is 6.54. The Morgan fingerprint density at radius 1 is 1.57 bits per heavy atom. The molecule has 0 aromatic heterocycles. The summed E-state index contributed by atoms with van der Waals surface area (Å²) in [6.07, 6.45) is 0. The van der Waals surface area contributed by atoms with E-state index in [0.717, 1.165) is 20.6 Å². The van der Waals surface area contributed by atoms with Gasteiger partial charge in [0, 0.05) is 20.3 Å². The summed E-state index contributed by atoms with van der Waals surface area (Å²) in [5, 5.41) is 9.15. The lowest BCUT2D eigenvalue weighted by Gasteiger charge is -2.11. The number of rotatable bonds is 3. The molecule has 4 heteroatoms. The molecule has 1 aromatic rings. The quantitative estimate of drug-likeness (QED) is 0.659. The highest BCUT2D eigenvalue weighted by Gasteiger charge is 2.08. The first-order valence-corrected chi connectivity index (χ1v) is 6.05. The molecule has 1 rings (SSSR count). The molecule has 0 fully saturated rings. The molecular formula is C10H14BrNOS. The van der Waals surface area contributed by atoms with E-state index in [1.807, 2.05) is 26.0 Å². The maximum Gasteiger partial charge on any atom is 0.0550 e. The fourth-order valence-corrected chi connectivity index (χ4v) is 2.58. The van der Waals surface area contributed by atoms with Crippen molar-refractivity contribution in [3.8, 4) is 0 Å². The Morgan fingerprint density at radius 2 is 2.21 bits per heavy atom. The monoisotopic (exact) mass is 275 g/mol. The van der Waals surface area contributed by atoms with Crippen LogP contribution in [0.25, 0.3) is 0 Å². The summed E-state index contributed by atoms with van der Waals surface area (Å²) in [4.78, 5) is 1.12. The van der Waals surface area contributed by atoms with E-state index in [4.69, 9.17) is 10.8 Å². The van der Waals surface area contributed by atoms with Crippen molar-refractivity contribution < 1.29 is 5.11 Å². The Morgan fingerprint density at radius 3 is 2.79 bits per heavy atom. The number of nitrogens with two attached hydrogens (primary N) is 1. The number of anilines is 1. The zero-order chi connectivity index (χ0) is 10.7. The molecule has 0 spiro atoms. The van der Waals surface area contributed by atoms with E-state index in [1.165, 1.54) is 0 Å². The van der Waals surface area contributed by atoms with E-state index >= 15 is 0 Å². The first kappa shape index (κ1) is 11.9. The van der Waals surface area contributed by atoms with Crippen molar-refractivity contribution in [2.45, 2.75) is 24.0 Å². The van der Waals surface area contributed by atoms with Crippen LogP contribution >= 0.6 is 27.7 Å². The van der Waals surface area contributed by atoms with Crippen molar-refractivity contribution >= 4 is 33.4 Å². The van der Waals surface area contributed by atoms with Gasteiger partial charge in [0.1, 0.15) is 0 Å². The molecule has 0 bridgehead atoms. The average molecular weight is 276 g/mol. The number of aliphatic hydroxyl groups excluding tert-OH is 1. The van der Waals surface area contributed by atoms with Crippen LogP contribution in [-0.4, -0.2) is 17.0 Å². The highest BCUT2D eigenvalue weighted by atomic mass is 79.9. The second-order valence-corrected chi connectivity index (χ2v) is 5.58. The summed E-state index contributed by atoms with van der Waals surface area (Å²) in [5.41, 5.74) is 7.62. The van der Waals surface area contributed by atoms with Crippen LogP contribution in [0.2, 0.25) is 0 Å². The fraction of sp³-hybridized carbons (Fsp3) is 0.400. The van der Waals surface area contributed by atoms with Gasteiger partial charge in [-0.2, -0.15) is 0 Å². The second-order valence-electron chi connectivity index (χ2n) is 3.25. The smallest absolute Gasteiger partial charge is 0.0550 e.